The molecule has 4 N–H and O–H groups in total. The molecule has 0 aliphatic carbocycles. The fourth-order valence-corrected chi connectivity index (χ4v) is 4.31. The number of anilines is 1. The molecule has 176 valence electrons. The normalized spacial score (nSPS) is 19.8. The third-order valence-corrected chi connectivity index (χ3v) is 6.56. The van der Waals surface area contributed by atoms with Gasteiger partial charge in [-0.05, 0) is 69.6 Å². The SMILES string of the molecule is CC(=O)[C@H](N=Nc1ccc(S(=O)(=O)N[C@@H]2NCC[C@H](C)N2)cc1)C(=O)Nc1ccccc1C. The summed E-state index contributed by atoms with van der Waals surface area (Å²) in [5.74, 6) is -1.05. The molecule has 3 atom stereocenters. The van der Waals surface area contributed by atoms with Crippen LogP contribution in [0.1, 0.15) is 25.8 Å². The molecule has 1 heterocycles. The van der Waals surface area contributed by atoms with Crippen molar-refractivity contribution in [3.63, 3.8) is 0 Å². The summed E-state index contributed by atoms with van der Waals surface area (Å²) in [7, 11) is -3.76. The summed E-state index contributed by atoms with van der Waals surface area (Å²) in [5, 5.41) is 16.7. The molecule has 0 unspecified atom stereocenters. The smallest absolute Gasteiger partial charge is 0.258 e. The van der Waals surface area contributed by atoms with Gasteiger partial charge in [0.05, 0.1) is 10.6 Å². The van der Waals surface area contributed by atoms with Crippen LogP contribution in [0, 0.1) is 6.92 Å². The fraction of sp³-hybridized carbons (Fsp3) is 0.364. The number of Topliss-reactive ketones (excluding diaryl/α,β-unsaturated/α-hetero) is 1. The van der Waals surface area contributed by atoms with Gasteiger partial charge in [-0.15, -0.1) is 0 Å². The lowest BCUT2D eigenvalue weighted by atomic mass is 10.1. The van der Waals surface area contributed by atoms with Crippen LogP contribution in [0.3, 0.4) is 0 Å². The predicted molar refractivity (Wildman–Crippen MR) is 125 cm³/mol. The maximum absolute atomic E-state index is 12.6. The minimum Gasteiger partial charge on any atom is -0.324 e. The van der Waals surface area contributed by atoms with Gasteiger partial charge in [0.2, 0.25) is 16.1 Å². The van der Waals surface area contributed by atoms with E-state index in [0.29, 0.717) is 17.9 Å². The van der Waals surface area contributed by atoms with Gasteiger partial charge in [0.25, 0.3) is 5.91 Å². The van der Waals surface area contributed by atoms with Crippen molar-refractivity contribution in [2.45, 2.75) is 50.5 Å². The summed E-state index contributed by atoms with van der Waals surface area (Å²) >= 11 is 0. The van der Waals surface area contributed by atoms with Crippen LogP contribution in [0.2, 0.25) is 0 Å². The van der Waals surface area contributed by atoms with Crippen molar-refractivity contribution in [2.24, 2.45) is 10.2 Å². The Labute approximate surface area is 193 Å². The minimum absolute atomic E-state index is 0.0590. The molecule has 1 aliphatic heterocycles. The number of azo groups is 1. The van der Waals surface area contributed by atoms with E-state index in [-0.39, 0.29) is 10.9 Å². The zero-order valence-electron chi connectivity index (χ0n) is 18.7. The Kier molecular flexibility index (Phi) is 8.03. The Bertz CT molecular complexity index is 1130. The van der Waals surface area contributed by atoms with Gasteiger partial charge in [-0.3, -0.25) is 20.2 Å². The number of nitrogens with zero attached hydrogens (tertiary/aromatic N) is 2. The van der Waals surface area contributed by atoms with E-state index in [1.807, 2.05) is 26.0 Å². The number of aryl methyl sites for hydroxylation is 1. The number of nitrogens with one attached hydrogen (secondary N) is 4. The molecule has 1 fully saturated rings. The quantitative estimate of drug-likeness (QED) is 0.343. The van der Waals surface area contributed by atoms with Gasteiger partial charge in [-0.25, -0.2) is 8.42 Å². The monoisotopic (exact) mass is 472 g/mol. The second-order valence-corrected chi connectivity index (χ2v) is 9.61. The van der Waals surface area contributed by atoms with Crippen LogP contribution in [0.4, 0.5) is 11.4 Å². The average molecular weight is 473 g/mol. The number of carbonyl (C=O) groups excluding carboxylic acids is 2. The van der Waals surface area contributed by atoms with Crippen LogP contribution < -0.4 is 20.7 Å². The van der Waals surface area contributed by atoms with Crippen molar-refractivity contribution in [1.82, 2.24) is 15.4 Å². The minimum atomic E-state index is -3.76. The van der Waals surface area contributed by atoms with E-state index in [9.17, 15) is 18.0 Å². The fourth-order valence-electron chi connectivity index (χ4n) is 3.22. The van der Waals surface area contributed by atoms with Crippen LogP contribution in [0.15, 0.2) is 63.7 Å². The molecule has 1 aliphatic rings. The van der Waals surface area contributed by atoms with Crippen molar-refractivity contribution in [3.05, 3.63) is 54.1 Å². The molecule has 10 nitrogen and oxygen atoms in total. The van der Waals surface area contributed by atoms with Gasteiger partial charge in [0, 0.05) is 11.7 Å². The first-order valence-electron chi connectivity index (χ1n) is 10.6. The molecule has 0 spiro atoms. The zero-order chi connectivity index (χ0) is 24.0. The third kappa shape index (κ3) is 6.75. The van der Waals surface area contributed by atoms with Crippen LogP contribution in [0.25, 0.3) is 0 Å². The predicted octanol–water partition coefficient (Wildman–Crippen LogP) is 2.21. The number of amides is 1. The van der Waals surface area contributed by atoms with Crippen LogP contribution in [-0.2, 0) is 19.6 Å². The molecular weight excluding hydrogens is 444 g/mol. The first-order chi connectivity index (χ1) is 15.7. The van der Waals surface area contributed by atoms with Crippen molar-refractivity contribution >= 4 is 33.1 Å². The van der Waals surface area contributed by atoms with Gasteiger partial charge in [0.1, 0.15) is 6.29 Å². The second-order valence-electron chi connectivity index (χ2n) is 7.89. The third-order valence-electron chi connectivity index (χ3n) is 5.12. The van der Waals surface area contributed by atoms with Gasteiger partial charge < -0.3 is 5.32 Å². The highest BCUT2D eigenvalue weighted by Crippen LogP contribution is 2.19. The molecule has 33 heavy (non-hydrogen) atoms. The molecule has 0 bridgehead atoms. The van der Waals surface area contributed by atoms with Crippen LogP contribution in [-0.4, -0.2) is 45.0 Å². The Morgan fingerprint density at radius 2 is 1.82 bits per heavy atom. The van der Waals surface area contributed by atoms with E-state index in [4.69, 9.17) is 0 Å². The number of para-hydroxylation sites is 1. The highest BCUT2D eigenvalue weighted by molar-refractivity contribution is 7.89. The molecule has 1 amide bonds. The number of hydrogen-bond acceptors (Lipinski definition) is 8. The van der Waals surface area contributed by atoms with E-state index < -0.39 is 34.0 Å². The Balaban J connectivity index is 1.67. The van der Waals surface area contributed by atoms with Crippen molar-refractivity contribution < 1.29 is 18.0 Å². The molecule has 2 aromatic rings. The van der Waals surface area contributed by atoms with E-state index >= 15 is 0 Å². The number of ketones is 1. The lowest BCUT2D eigenvalue weighted by Crippen LogP contribution is -2.61. The summed E-state index contributed by atoms with van der Waals surface area (Å²) < 4.78 is 27.8. The highest BCUT2D eigenvalue weighted by atomic mass is 32.2. The molecule has 0 aromatic heterocycles. The second kappa shape index (κ2) is 10.8. The first kappa shape index (κ1) is 24.6. The summed E-state index contributed by atoms with van der Waals surface area (Å²) in [5.41, 5.74) is 1.75. The summed E-state index contributed by atoms with van der Waals surface area (Å²) in [6.45, 7) is 5.79. The number of benzene rings is 2. The topological polar surface area (TPSA) is 141 Å². The largest absolute Gasteiger partial charge is 0.324 e. The highest BCUT2D eigenvalue weighted by Gasteiger charge is 2.25. The molecular formula is C22H28N6O4S. The molecule has 0 radical (unpaired) electrons. The summed E-state index contributed by atoms with van der Waals surface area (Å²) in [6, 6.07) is 11.8. The standard InChI is InChI=1S/C22H28N6O4S/c1-14-6-4-5-7-19(14)25-21(30)20(16(3)29)27-26-17-8-10-18(11-9-17)33(31,32)28-22-23-13-12-15(2)24-22/h4-11,15,20,22-24,28H,12-13H2,1-3H3,(H,25,30)/t15-,20-,22+/m0/s1. The van der Waals surface area contributed by atoms with Gasteiger partial charge >= 0.3 is 0 Å². The number of rotatable bonds is 8. The van der Waals surface area contributed by atoms with Gasteiger partial charge in [-0.1, -0.05) is 18.2 Å². The number of hydrogen-bond donors (Lipinski definition) is 4. The maximum Gasteiger partial charge on any atom is 0.258 e. The first-order valence-corrected chi connectivity index (χ1v) is 12.0. The molecule has 1 saturated heterocycles. The van der Waals surface area contributed by atoms with E-state index in [1.165, 1.54) is 31.2 Å². The molecule has 0 saturated carbocycles. The molecule has 2 aromatic carbocycles. The van der Waals surface area contributed by atoms with Crippen molar-refractivity contribution in [1.29, 1.82) is 0 Å². The molecule has 3 rings (SSSR count). The summed E-state index contributed by atoms with van der Waals surface area (Å²) in [6.07, 6.45) is 0.350. The maximum atomic E-state index is 12.6. The number of carbonyl (C=O) groups is 2. The Morgan fingerprint density at radius 3 is 2.45 bits per heavy atom. The number of sulfonamides is 1. The van der Waals surface area contributed by atoms with Crippen molar-refractivity contribution in [3.8, 4) is 0 Å². The Morgan fingerprint density at radius 1 is 1.12 bits per heavy atom. The van der Waals surface area contributed by atoms with Gasteiger partial charge in [0.15, 0.2) is 5.78 Å². The van der Waals surface area contributed by atoms with Gasteiger partial charge in [-0.2, -0.15) is 15.0 Å². The Hall–Kier alpha value is -2.99. The lowest BCUT2D eigenvalue weighted by molar-refractivity contribution is -0.126. The zero-order valence-corrected chi connectivity index (χ0v) is 19.5. The molecule has 11 heteroatoms. The van der Waals surface area contributed by atoms with E-state index in [0.717, 1.165) is 12.0 Å². The van der Waals surface area contributed by atoms with E-state index in [2.05, 4.69) is 30.9 Å². The summed E-state index contributed by atoms with van der Waals surface area (Å²) in [4.78, 5) is 24.6. The lowest BCUT2D eigenvalue weighted by Gasteiger charge is -2.30. The van der Waals surface area contributed by atoms with Crippen LogP contribution in [0.5, 0.6) is 0 Å². The van der Waals surface area contributed by atoms with Crippen molar-refractivity contribution in [2.75, 3.05) is 11.9 Å². The van der Waals surface area contributed by atoms with Crippen LogP contribution >= 0.6 is 0 Å². The van der Waals surface area contributed by atoms with E-state index in [1.54, 1.807) is 12.1 Å². The average Bonchev–Trinajstić information content (AvgIpc) is 2.75.